The van der Waals surface area contributed by atoms with Gasteiger partial charge in [0.2, 0.25) is 0 Å². The summed E-state index contributed by atoms with van der Waals surface area (Å²) in [7, 11) is 1.77. The van der Waals surface area contributed by atoms with Crippen molar-refractivity contribution in [3.63, 3.8) is 0 Å². The maximum atomic E-state index is 12.7. The highest BCUT2D eigenvalue weighted by atomic mass is 19.4. The van der Waals surface area contributed by atoms with Crippen LogP contribution in [0.25, 0.3) is 0 Å². The van der Waals surface area contributed by atoms with Crippen molar-refractivity contribution in [1.29, 1.82) is 0 Å². The zero-order chi connectivity index (χ0) is 23.1. The lowest BCUT2D eigenvalue weighted by atomic mass is 10.2. The third kappa shape index (κ3) is 6.75. The molecule has 5 N–H and O–H groups in total. The Morgan fingerprint density at radius 1 is 1.25 bits per heavy atom. The highest BCUT2D eigenvalue weighted by molar-refractivity contribution is 6.04. The number of aliphatic hydroxyl groups excluding tert-OH is 1. The second kappa shape index (κ2) is 10.2. The maximum Gasteiger partial charge on any atom is 0.573 e. The van der Waals surface area contributed by atoms with Crippen LogP contribution in [0, 0.1) is 0 Å². The average Bonchev–Trinajstić information content (AvgIpc) is 3.12. The maximum absolute atomic E-state index is 12.7. The fraction of sp³-hybridized carbons (Fsp3) is 0.300. The Labute approximate surface area is 182 Å². The van der Waals surface area contributed by atoms with Crippen LogP contribution < -0.4 is 26.1 Å². The van der Waals surface area contributed by atoms with Crippen LogP contribution in [-0.4, -0.2) is 54.1 Å². The highest BCUT2D eigenvalue weighted by Crippen LogP contribution is 2.24. The molecular formula is C20H23F3N6O3. The minimum Gasteiger partial charge on any atom is -0.406 e. The molecule has 1 amide bonds. The Hall–Kier alpha value is -3.51. The van der Waals surface area contributed by atoms with Crippen LogP contribution in [-0.2, 0) is 11.3 Å². The van der Waals surface area contributed by atoms with Gasteiger partial charge in [0.25, 0.3) is 5.91 Å². The van der Waals surface area contributed by atoms with Crippen molar-refractivity contribution in [1.82, 2.24) is 20.7 Å². The molecule has 3 rings (SSSR count). The number of amides is 1. The predicted molar refractivity (Wildman–Crippen MR) is 111 cm³/mol. The number of pyridine rings is 1. The van der Waals surface area contributed by atoms with Gasteiger partial charge in [0.1, 0.15) is 17.4 Å². The van der Waals surface area contributed by atoms with Crippen molar-refractivity contribution in [2.24, 2.45) is 0 Å². The van der Waals surface area contributed by atoms with Gasteiger partial charge in [-0.25, -0.2) is 9.99 Å². The summed E-state index contributed by atoms with van der Waals surface area (Å²) < 4.78 is 40.7. The summed E-state index contributed by atoms with van der Waals surface area (Å²) in [6.07, 6.45) is -3.14. The van der Waals surface area contributed by atoms with Crippen molar-refractivity contribution in [3.05, 3.63) is 59.6 Å². The smallest absolute Gasteiger partial charge is 0.406 e. The first-order valence-electron chi connectivity index (χ1n) is 9.65. The number of carbonyl (C=O) groups is 1. The number of nitrogens with zero attached hydrogens (tertiary/aromatic N) is 2. The average molecular weight is 452 g/mol. The van der Waals surface area contributed by atoms with Crippen LogP contribution in [0.2, 0.25) is 0 Å². The minimum atomic E-state index is -4.78. The van der Waals surface area contributed by atoms with Crippen molar-refractivity contribution in [3.8, 4) is 5.75 Å². The van der Waals surface area contributed by atoms with E-state index in [1.807, 2.05) is 12.1 Å². The number of aromatic nitrogens is 1. The van der Waals surface area contributed by atoms with Gasteiger partial charge in [0, 0.05) is 32.0 Å². The number of benzene rings is 1. The van der Waals surface area contributed by atoms with Gasteiger partial charge in [-0.15, -0.1) is 13.2 Å². The van der Waals surface area contributed by atoms with Gasteiger partial charge < -0.3 is 31.2 Å². The van der Waals surface area contributed by atoms with Crippen LogP contribution in [0.15, 0.2) is 54.0 Å². The van der Waals surface area contributed by atoms with Gasteiger partial charge in [0.15, 0.2) is 0 Å². The molecule has 1 aliphatic heterocycles. The van der Waals surface area contributed by atoms with E-state index in [2.05, 4.69) is 31.1 Å². The molecule has 0 unspecified atom stereocenters. The molecule has 0 saturated heterocycles. The summed E-state index contributed by atoms with van der Waals surface area (Å²) in [6.45, 7) is 1.11. The third-order valence-electron chi connectivity index (χ3n) is 4.33. The number of carbonyl (C=O) groups excluding carboxylic acids is 1. The van der Waals surface area contributed by atoms with Gasteiger partial charge in [0.05, 0.1) is 18.7 Å². The van der Waals surface area contributed by atoms with Crippen LogP contribution in [0.3, 0.4) is 0 Å². The summed E-state index contributed by atoms with van der Waals surface area (Å²) in [5, 5.41) is 19.5. The molecule has 0 bridgehead atoms. The molecule has 2 heterocycles. The van der Waals surface area contributed by atoms with Crippen molar-refractivity contribution >= 4 is 17.4 Å². The zero-order valence-electron chi connectivity index (χ0n) is 17.2. The number of rotatable bonds is 9. The molecule has 0 saturated carbocycles. The summed E-state index contributed by atoms with van der Waals surface area (Å²) in [5.41, 5.74) is 4.74. The molecule has 2 aromatic rings. The molecule has 172 valence electrons. The monoisotopic (exact) mass is 452 g/mol. The van der Waals surface area contributed by atoms with Crippen molar-refractivity contribution in [2.75, 3.05) is 37.4 Å². The zero-order valence-corrected chi connectivity index (χ0v) is 17.2. The molecule has 1 aliphatic rings. The molecule has 0 atom stereocenters. The number of hydrogen-bond acceptors (Lipinski definition) is 8. The normalized spacial score (nSPS) is 14.2. The van der Waals surface area contributed by atoms with Gasteiger partial charge in [-0.05, 0) is 42.0 Å². The first-order chi connectivity index (χ1) is 15.2. The van der Waals surface area contributed by atoms with Gasteiger partial charge >= 0.3 is 6.36 Å². The second-order valence-electron chi connectivity index (χ2n) is 6.90. The summed E-state index contributed by atoms with van der Waals surface area (Å²) in [6, 6.07) is 8.56. The Kier molecular flexibility index (Phi) is 7.38. The van der Waals surface area contributed by atoms with Crippen LogP contribution in [0.1, 0.15) is 5.56 Å². The Balaban J connectivity index is 1.64. The van der Waals surface area contributed by atoms with Crippen LogP contribution >= 0.6 is 0 Å². The molecule has 0 spiro atoms. The predicted octanol–water partition coefficient (Wildman–Crippen LogP) is 1.77. The van der Waals surface area contributed by atoms with Crippen molar-refractivity contribution < 1.29 is 27.8 Å². The number of nitrogens with one attached hydrogen (secondary N) is 4. The number of aliphatic hydroxyl groups is 1. The SMILES string of the molecule is CN1CC(C(=O)Nc2ccc(OC(F)(F)F)cc2)=C(NCc2ccnc(NCCO)c2)N1. The Morgan fingerprint density at radius 2 is 2.00 bits per heavy atom. The number of likely N-dealkylation sites (N-methyl/N-ethyl adjacent to an activating group) is 1. The van der Waals surface area contributed by atoms with Crippen LogP contribution in [0.4, 0.5) is 24.7 Å². The number of alkyl halides is 3. The van der Waals surface area contributed by atoms with E-state index in [0.29, 0.717) is 42.5 Å². The minimum absolute atomic E-state index is 0.0101. The van der Waals surface area contributed by atoms with E-state index in [0.717, 1.165) is 17.7 Å². The Bertz CT molecular complexity index is 966. The second-order valence-corrected chi connectivity index (χ2v) is 6.90. The summed E-state index contributed by atoms with van der Waals surface area (Å²) in [4.78, 5) is 16.9. The molecule has 9 nitrogen and oxygen atoms in total. The van der Waals surface area contributed by atoms with E-state index in [4.69, 9.17) is 5.11 Å². The number of hydrazine groups is 1. The highest BCUT2D eigenvalue weighted by Gasteiger charge is 2.31. The van der Waals surface area contributed by atoms with Gasteiger partial charge in [-0.3, -0.25) is 4.79 Å². The first kappa shape index (κ1) is 23.2. The van der Waals surface area contributed by atoms with Gasteiger partial charge in [-0.2, -0.15) is 0 Å². The van der Waals surface area contributed by atoms with E-state index in [1.165, 1.54) is 12.1 Å². The van der Waals surface area contributed by atoms with Crippen molar-refractivity contribution in [2.45, 2.75) is 12.9 Å². The molecule has 12 heteroatoms. The lowest BCUT2D eigenvalue weighted by Crippen LogP contribution is -2.32. The van der Waals surface area contributed by atoms with E-state index < -0.39 is 12.3 Å². The standard InChI is InChI=1S/C20H23F3N6O3/c1-29-12-16(19(31)27-14-2-4-15(5-3-14)32-20(21,22)23)18(28-29)26-11-13-6-7-24-17(10-13)25-8-9-30/h2-7,10,26,28,30H,8-9,11-12H2,1H3,(H,24,25)(H,27,31). The Morgan fingerprint density at radius 3 is 2.69 bits per heavy atom. The number of anilines is 2. The molecule has 32 heavy (non-hydrogen) atoms. The molecule has 1 aromatic carbocycles. The largest absolute Gasteiger partial charge is 0.573 e. The molecule has 0 fully saturated rings. The molecule has 1 aromatic heterocycles. The number of hydrogen-bond donors (Lipinski definition) is 5. The lowest BCUT2D eigenvalue weighted by molar-refractivity contribution is -0.274. The van der Waals surface area contributed by atoms with Crippen LogP contribution in [0.5, 0.6) is 5.75 Å². The van der Waals surface area contributed by atoms with Gasteiger partial charge in [-0.1, -0.05) is 0 Å². The summed E-state index contributed by atoms with van der Waals surface area (Å²) >= 11 is 0. The third-order valence-corrected chi connectivity index (χ3v) is 4.33. The van der Waals surface area contributed by atoms with E-state index in [9.17, 15) is 18.0 Å². The lowest BCUT2D eigenvalue weighted by Gasteiger charge is -2.13. The topological polar surface area (TPSA) is 111 Å². The quantitative estimate of drug-likeness (QED) is 0.392. The fourth-order valence-corrected chi connectivity index (χ4v) is 2.95. The van der Waals surface area contributed by atoms with E-state index >= 15 is 0 Å². The molecular weight excluding hydrogens is 429 g/mol. The number of ether oxygens (including phenoxy) is 1. The van der Waals surface area contributed by atoms with E-state index in [-0.39, 0.29) is 12.4 Å². The fourth-order valence-electron chi connectivity index (χ4n) is 2.95. The summed E-state index contributed by atoms with van der Waals surface area (Å²) in [5.74, 6) is 0.377. The molecule has 0 aliphatic carbocycles. The molecule has 0 radical (unpaired) electrons. The van der Waals surface area contributed by atoms with E-state index in [1.54, 1.807) is 18.3 Å². The number of halogens is 3. The first-order valence-corrected chi connectivity index (χ1v) is 9.65.